The molecule has 0 atom stereocenters. The Labute approximate surface area is 174 Å². The first-order valence-electron chi connectivity index (χ1n) is 9.66. The molecule has 0 aliphatic heterocycles. The lowest BCUT2D eigenvalue weighted by Gasteiger charge is -2.13. The fourth-order valence-electron chi connectivity index (χ4n) is 3.71. The molecule has 0 bridgehead atoms. The Hall–Kier alpha value is -3.51. The van der Waals surface area contributed by atoms with E-state index in [9.17, 15) is 9.18 Å². The third-order valence-electron chi connectivity index (χ3n) is 5.16. The Morgan fingerprint density at radius 3 is 2.57 bits per heavy atom. The second kappa shape index (κ2) is 7.72. The minimum Gasteiger partial charge on any atom is -0.383 e. The zero-order valence-electron chi connectivity index (χ0n) is 17.2. The van der Waals surface area contributed by atoms with Crippen molar-refractivity contribution in [2.45, 2.75) is 13.5 Å². The highest BCUT2D eigenvalue weighted by molar-refractivity contribution is 5.91. The van der Waals surface area contributed by atoms with Crippen molar-refractivity contribution >= 4 is 16.6 Å². The molecule has 5 nitrogen and oxygen atoms in total. The van der Waals surface area contributed by atoms with Crippen LogP contribution in [0.2, 0.25) is 0 Å². The number of halogens is 1. The van der Waals surface area contributed by atoms with Gasteiger partial charge in [0.15, 0.2) is 0 Å². The maximum Gasteiger partial charge on any atom is 0.255 e. The number of pyridine rings is 2. The Morgan fingerprint density at radius 1 is 1.03 bits per heavy atom. The van der Waals surface area contributed by atoms with Crippen molar-refractivity contribution in [2.24, 2.45) is 0 Å². The predicted octanol–water partition coefficient (Wildman–Crippen LogP) is 4.35. The molecule has 4 aromatic rings. The lowest BCUT2D eigenvalue weighted by atomic mass is 9.97. The average molecular weight is 402 g/mol. The number of anilines is 1. The van der Waals surface area contributed by atoms with Crippen LogP contribution in [0, 0.1) is 12.9 Å². The van der Waals surface area contributed by atoms with Crippen molar-refractivity contribution in [1.29, 1.82) is 0 Å². The number of H-pyrrole nitrogens is 1. The molecule has 4 rings (SSSR count). The van der Waals surface area contributed by atoms with Crippen LogP contribution in [0.1, 0.15) is 11.1 Å². The molecule has 0 aliphatic rings. The van der Waals surface area contributed by atoms with Crippen LogP contribution in [0.25, 0.3) is 33.0 Å². The van der Waals surface area contributed by atoms with Crippen LogP contribution in [-0.2, 0) is 6.54 Å². The number of hydrogen-bond donors (Lipinski definition) is 2. The van der Waals surface area contributed by atoms with Crippen LogP contribution < -0.4 is 11.3 Å². The van der Waals surface area contributed by atoms with E-state index < -0.39 is 5.95 Å². The average Bonchev–Trinajstić information content (AvgIpc) is 2.70. The van der Waals surface area contributed by atoms with Gasteiger partial charge >= 0.3 is 0 Å². The summed E-state index contributed by atoms with van der Waals surface area (Å²) in [6, 6.07) is 15.0. The van der Waals surface area contributed by atoms with Gasteiger partial charge in [0.05, 0.1) is 0 Å². The standard InChI is InChI=1S/C24H23FN4O/c1-14-12-27-24(30)18-8-7-17(10-19(14)18)21-11-20(22(25)28-23(21)26)16-6-4-5-15(9-16)13-29(2)3/h4-12H,13H2,1-3H3,(H2,26,28)(H,27,30). The highest BCUT2D eigenvalue weighted by atomic mass is 19.1. The summed E-state index contributed by atoms with van der Waals surface area (Å²) in [7, 11) is 3.98. The monoisotopic (exact) mass is 402 g/mol. The van der Waals surface area contributed by atoms with Gasteiger partial charge in [0, 0.05) is 29.3 Å². The first-order chi connectivity index (χ1) is 14.3. The lowest BCUT2D eigenvalue weighted by Crippen LogP contribution is -2.10. The van der Waals surface area contributed by atoms with Gasteiger partial charge in [-0.05, 0) is 72.9 Å². The van der Waals surface area contributed by atoms with Crippen molar-refractivity contribution in [2.75, 3.05) is 19.8 Å². The molecule has 2 aromatic carbocycles. The molecule has 0 saturated heterocycles. The van der Waals surface area contributed by atoms with E-state index in [1.165, 1.54) is 0 Å². The maximum absolute atomic E-state index is 14.7. The maximum atomic E-state index is 14.7. The molecule has 3 N–H and O–H groups in total. The lowest BCUT2D eigenvalue weighted by molar-refractivity contribution is 0.402. The SMILES string of the molecule is Cc1c[nH]c(=O)c2ccc(-c3cc(-c4cccc(CN(C)C)c4)c(F)nc3N)cc12. The van der Waals surface area contributed by atoms with E-state index >= 15 is 0 Å². The van der Waals surface area contributed by atoms with Crippen LogP contribution >= 0.6 is 0 Å². The van der Waals surface area contributed by atoms with Gasteiger partial charge in [0.2, 0.25) is 5.95 Å². The van der Waals surface area contributed by atoms with Gasteiger partial charge < -0.3 is 15.6 Å². The van der Waals surface area contributed by atoms with Gasteiger partial charge in [-0.1, -0.05) is 24.3 Å². The second-order valence-electron chi connectivity index (χ2n) is 7.76. The van der Waals surface area contributed by atoms with E-state index in [1.54, 1.807) is 18.3 Å². The van der Waals surface area contributed by atoms with Gasteiger partial charge in [-0.3, -0.25) is 4.79 Å². The molecule has 2 aromatic heterocycles. The third-order valence-corrected chi connectivity index (χ3v) is 5.16. The molecule has 0 fully saturated rings. The Morgan fingerprint density at radius 2 is 1.80 bits per heavy atom. The molecule has 0 unspecified atom stereocenters. The van der Waals surface area contributed by atoms with E-state index in [0.29, 0.717) is 16.5 Å². The fraction of sp³-hybridized carbons (Fsp3) is 0.167. The number of hydrogen-bond acceptors (Lipinski definition) is 4. The topological polar surface area (TPSA) is 75.0 Å². The number of aromatic nitrogens is 2. The number of aromatic amines is 1. The van der Waals surface area contributed by atoms with Gasteiger partial charge in [-0.2, -0.15) is 4.39 Å². The van der Waals surface area contributed by atoms with Crippen LogP contribution in [0.3, 0.4) is 0 Å². The minimum absolute atomic E-state index is 0.113. The predicted molar refractivity (Wildman–Crippen MR) is 120 cm³/mol. The van der Waals surface area contributed by atoms with Crippen molar-refractivity contribution in [3.05, 3.63) is 82.2 Å². The van der Waals surface area contributed by atoms with Crippen molar-refractivity contribution in [3.63, 3.8) is 0 Å². The summed E-state index contributed by atoms with van der Waals surface area (Å²) in [5, 5.41) is 1.43. The fourth-order valence-corrected chi connectivity index (χ4v) is 3.71. The molecule has 2 heterocycles. The Balaban J connectivity index is 1.86. The number of benzene rings is 2. The molecule has 6 heteroatoms. The second-order valence-corrected chi connectivity index (χ2v) is 7.76. The van der Waals surface area contributed by atoms with E-state index in [-0.39, 0.29) is 11.4 Å². The smallest absolute Gasteiger partial charge is 0.255 e. The summed E-state index contributed by atoms with van der Waals surface area (Å²) >= 11 is 0. The summed E-state index contributed by atoms with van der Waals surface area (Å²) in [5.74, 6) is -0.491. The van der Waals surface area contributed by atoms with E-state index in [1.807, 2.05) is 57.4 Å². The van der Waals surface area contributed by atoms with Crippen LogP contribution in [0.4, 0.5) is 10.2 Å². The van der Waals surface area contributed by atoms with Crippen LogP contribution in [-0.4, -0.2) is 29.0 Å². The summed E-state index contributed by atoms with van der Waals surface area (Å²) in [4.78, 5) is 20.8. The zero-order valence-corrected chi connectivity index (χ0v) is 17.2. The Kier molecular flexibility index (Phi) is 5.10. The van der Waals surface area contributed by atoms with Crippen LogP contribution in [0.15, 0.2) is 59.5 Å². The number of nitrogens with two attached hydrogens (primary N) is 1. The third kappa shape index (κ3) is 3.69. The summed E-state index contributed by atoms with van der Waals surface area (Å²) in [5.41, 5.74) is 10.5. The van der Waals surface area contributed by atoms with Crippen molar-refractivity contribution in [1.82, 2.24) is 14.9 Å². The molecular weight excluding hydrogens is 379 g/mol. The van der Waals surface area contributed by atoms with E-state index in [0.717, 1.165) is 34.2 Å². The highest BCUT2D eigenvalue weighted by Crippen LogP contribution is 2.33. The molecule has 0 aliphatic carbocycles. The van der Waals surface area contributed by atoms with Gasteiger partial charge in [-0.25, -0.2) is 4.98 Å². The largest absolute Gasteiger partial charge is 0.383 e. The molecule has 152 valence electrons. The number of nitrogens with zero attached hydrogens (tertiary/aromatic N) is 2. The number of nitrogen functional groups attached to an aromatic ring is 1. The first kappa shape index (κ1) is 19.8. The van der Waals surface area contributed by atoms with Crippen molar-refractivity contribution < 1.29 is 4.39 Å². The van der Waals surface area contributed by atoms with Gasteiger partial charge in [0.1, 0.15) is 5.82 Å². The minimum atomic E-state index is -0.605. The summed E-state index contributed by atoms with van der Waals surface area (Å²) in [6.45, 7) is 2.68. The molecule has 0 radical (unpaired) electrons. The van der Waals surface area contributed by atoms with Crippen molar-refractivity contribution in [3.8, 4) is 22.3 Å². The normalized spacial score (nSPS) is 11.4. The number of fused-ring (bicyclic) bond motifs is 1. The van der Waals surface area contributed by atoms with Crippen LogP contribution in [0.5, 0.6) is 0 Å². The molecule has 0 spiro atoms. The van der Waals surface area contributed by atoms with Gasteiger partial charge in [-0.15, -0.1) is 0 Å². The van der Waals surface area contributed by atoms with Gasteiger partial charge in [0.25, 0.3) is 5.56 Å². The first-order valence-corrected chi connectivity index (χ1v) is 9.66. The summed E-state index contributed by atoms with van der Waals surface area (Å²) < 4.78 is 14.7. The number of nitrogens with one attached hydrogen (secondary N) is 1. The van der Waals surface area contributed by atoms with E-state index in [2.05, 4.69) is 14.9 Å². The van der Waals surface area contributed by atoms with E-state index in [4.69, 9.17) is 5.73 Å². The molecule has 30 heavy (non-hydrogen) atoms. The number of aryl methyl sites for hydroxylation is 1. The molecule has 0 amide bonds. The quantitative estimate of drug-likeness (QED) is 0.498. The molecular formula is C24H23FN4O. The molecule has 0 saturated carbocycles. The zero-order chi connectivity index (χ0) is 21.4. The summed E-state index contributed by atoms with van der Waals surface area (Å²) in [6.07, 6.45) is 1.68. The highest BCUT2D eigenvalue weighted by Gasteiger charge is 2.15. The Bertz CT molecular complexity index is 1310. The number of rotatable bonds is 4.